The van der Waals surface area contributed by atoms with Crippen LogP contribution in [0.25, 0.3) is 0 Å². The van der Waals surface area contributed by atoms with Crippen molar-refractivity contribution in [1.82, 2.24) is 9.88 Å². The SMILES string of the molecule is CC1CCN(Cc2csc(NC(=O)C[C@H]3C[C@H]4CC[C@@H]3C4)n2)CC1. The number of nitrogens with zero attached hydrogens (tertiary/aromatic N) is 2. The van der Waals surface area contributed by atoms with Crippen molar-refractivity contribution >= 4 is 22.4 Å². The first-order chi connectivity index (χ1) is 11.7. The Kier molecular flexibility index (Phi) is 4.90. The van der Waals surface area contributed by atoms with Crippen LogP contribution in [0.3, 0.4) is 0 Å². The molecule has 1 aromatic heterocycles. The summed E-state index contributed by atoms with van der Waals surface area (Å²) in [6.45, 7) is 5.60. The highest BCUT2D eigenvalue weighted by Crippen LogP contribution is 2.49. The second kappa shape index (κ2) is 7.12. The standard InChI is InChI=1S/C19H29N3OS/c1-13-4-6-22(7-5-13)11-17-12-24-19(20-17)21-18(23)10-16-9-14-2-3-15(16)8-14/h12-16H,2-11H2,1H3,(H,20,21,23)/t14-,15+,16+/m0/s1. The molecule has 4 rings (SSSR count). The summed E-state index contributed by atoms with van der Waals surface area (Å²) >= 11 is 1.57. The molecule has 3 aliphatic rings. The number of amides is 1. The highest BCUT2D eigenvalue weighted by molar-refractivity contribution is 7.13. The van der Waals surface area contributed by atoms with Gasteiger partial charge in [0.25, 0.3) is 0 Å². The van der Waals surface area contributed by atoms with Gasteiger partial charge in [0.05, 0.1) is 5.69 Å². The van der Waals surface area contributed by atoms with Gasteiger partial charge >= 0.3 is 0 Å². The van der Waals surface area contributed by atoms with Crippen LogP contribution >= 0.6 is 11.3 Å². The number of carbonyl (C=O) groups excluding carboxylic acids is 1. The molecule has 0 aromatic carbocycles. The van der Waals surface area contributed by atoms with Gasteiger partial charge in [-0.2, -0.15) is 0 Å². The lowest BCUT2D eigenvalue weighted by molar-refractivity contribution is -0.117. The van der Waals surface area contributed by atoms with Crippen molar-refractivity contribution in [2.75, 3.05) is 18.4 Å². The summed E-state index contributed by atoms with van der Waals surface area (Å²) in [5.74, 6) is 3.37. The second-order valence-corrected chi connectivity index (χ2v) is 9.15. The summed E-state index contributed by atoms with van der Waals surface area (Å²) in [5.41, 5.74) is 1.10. The number of aromatic nitrogens is 1. The van der Waals surface area contributed by atoms with E-state index in [0.29, 0.717) is 12.3 Å². The number of likely N-dealkylation sites (tertiary alicyclic amines) is 1. The van der Waals surface area contributed by atoms with Gasteiger partial charge in [-0.3, -0.25) is 9.69 Å². The third kappa shape index (κ3) is 3.83. The number of anilines is 1. The number of nitrogens with one attached hydrogen (secondary N) is 1. The van der Waals surface area contributed by atoms with Gasteiger partial charge in [0.1, 0.15) is 0 Å². The average Bonchev–Trinajstić information content (AvgIpc) is 3.27. The smallest absolute Gasteiger partial charge is 0.226 e. The zero-order valence-electron chi connectivity index (χ0n) is 14.7. The summed E-state index contributed by atoms with van der Waals surface area (Å²) in [5, 5.41) is 5.93. The molecule has 3 fully saturated rings. The van der Waals surface area contributed by atoms with E-state index in [2.05, 4.69) is 27.5 Å². The highest BCUT2D eigenvalue weighted by Gasteiger charge is 2.40. The molecule has 1 amide bonds. The maximum absolute atomic E-state index is 12.3. The van der Waals surface area contributed by atoms with E-state index in [1.54, 1.807) is 11.3 Å². The van der Waals surface area contributed by atoms with E-state index in [-0.39, 0.29) is 5.91 Å². The lowest BCUT2D eigenvalue weighted by Crippen LogP contribution is -2.32. The maximum atomic E-state index is 12.3. The lowest BCUT2D eigenvalue weighted by atomic mass is 9.86. The minimum atomic E-state index is 0.167. The fraction of sp³-hybridized carbons (Fsp3) is 0.789. The van der Waals surface area contributed by atoms with Crippen LogP contribution in [-0.2, 0) is 11.3 Å². The first kappa shape index (κ1) is 16.5. The van der Waals surface area contributed by atoms with Gasteiger partial charge in [-0.25, -0.2) is 4.98 Å². The van der Waals surface area contributed by atoms with Crippen molar-refractivity contribution in [2.24, 2.45) is 23.7 Å². The normalized spacial score (nSPS) is 30.8. The van der Waals surface area contributed by atoms with Crippen LogP contribution in [0.4, 0.5) is 5.13 Å². The molecule has 0 radical (unpaired) electrons. The molecule has 0 unspecified atom stereocenters. The van der Waals surface area contributed by atoms with Crippen molar-refractivity contribution in [3.8, 4) is 0 Å². The molecule has 2 bridgehead atoms. The fourth-order valence-corrected chi connectivity index (χ4v) is 5.64. The molecule has 1 aliphatic heterocycles. The van der Waals surface area contributed by atoms with Crippen molar-refractivity contribution in [3.05, 3.63) is 11.1 Å². The monoisotopic (exact) mass is 347 g/mol. The van der Waals surface area contributed by atoms with Gasteiger partial charge < -0.3 is 5.32 Å². The molecule has 2 aliphatic carbocycles. The largest absolute Gasteiger partial charge is 0.302 e. The summed E-state index contributed by atoms with van der Waals surface area (Å²) in [6, 6.07) is 0. The van der Waals surface area contributed by atoms with Gasteiger partial charge in [0.2, 0.25) is 5.91 Å². The minimum absolute atomic E-state index is 0.167. The molecular formula is C19H29N3OS. The first-order valence-electron chi connectivity index (χ1n) is 9.62. The maximum Gasteiger partial charge on any atom is 0.226 e. The summed E-state index contributed by atoms with van der Waals surface area (Å²) in [7, 11) is 0. The molecular weight excluding hydrogens is 318 g/mol. The molecule has 1 saturated heterocycles. The second-order valence-electron chi connectivity index (χ2n) is 8.29. The van der Waals surface area contributed by atoms with Crippen LogP contribution < -0.4 is 5.32 Å². The summed E-state index contributed by atoms with van der Waals surface area (Å²) in [6.07, 6.45) is 8.66. The molecule has 2 heterocycles. The molecule has 5 heteroatoms. The van der Waals surface area contributed by atoms with E-state index in [4.69, 9.17) is 0 Å². The molecule has 24 heavy (non-hydrogen) atoms. The Morgan fingerprint density at radius 3 is 2.83 bits per heavy atom. The van der Waals surface area contributed by atoms with Crippen molar-refractivity contribution in [2.45, 2.75) is 58.4 Å². The Labute approximate surface area is 149 Å². The van der Waals surface area contributed by atoms with Crippen LogP contribution in [0.5, 0.6) is 0 Å². The summed E-state index contributed by atoms with van der Waals surface area (Å²) < 4.78 is 0. The summed E-state index contributed by atoms with van der Waals surface area (Å²) in [4.78, 5) is 19.4. The molecule has 4 nitrogen and oxygen atoms in total. The van der Waals surface area contributed by atoms with E-state index in [1.165, 1.54) is 51.6 Å². The van der Waals surface area contributed by atoms with Crippen LogP contribution in [0, 0.1) is 23.7 Å². The van der Waals surface area contributed by atoms with E-state index in [9.17, 15) is 4.79 Å². The van der Waals surface area contributed by atoms with E-state index in [0.717, 1.165) is 35.1 Å². The predicted molar refractivity (Wildman–Crippen MR) is 98.0 cm³/mol. The van der Waals surface area contributed by atoms with Crippen molar-refractivity contribution in [3.63, 3.8) is 0 Å². The third-order valence-electron chi connectivity index (χ3n) is 6.39. The Bertz CT molecular complexity index is 579. The number of hydrogen-bond acceptors (Lipinski definition) is 4. The van der Waals surface area contributed by atoms with Gasteiger partial charge in [-0.1, -0.05) is 13.3 Å². The third-order valence-corrected chi connectivity index (χ3v) is 7.20. The highest BCUT2D eigenvalue weighted by atomic mass is 32.1. The molecule has 1 N–H and O–H groups in total. The Morgan fingerprint density at radius 2 is 2.12 bits per heavy atom. The van der Waals surface area contributed by atoms with Gasteiger partial charge in [-0.05, 0) is 68.9 Å². The molecule has 132 valence electrons. The van der Waals surface area contributed by atoms with Crippen LogP contribution in [0.1, 0.15) is 57.6 Å². The Morgan fingerprint density at radius 1 is 1.29 bits per heavy atom. The first-order valence-corrected chi connectivity index (χ1v) is 10.5. The fourth-order valence-electron chi connectivity index (χ4n) is 4.92. The molecule has 2 saturated carbocycles. The Hall–Kier alpha value is -0.940. The van der Waals surface area contributed by atoms with Crippen molar-refractivity contribution < 1.29 is 4.79 Å². The van der Waals surface area contributed by atoms with Gasteiger partial charge in [0.15, 0.2) is 5.13 Å². The zero-order chi connectivity index (χ0) is 16.5. The molecule has 3 atom stereocenters. The zero-order valence-corrected chi connectivity index (χ0v) is 15.5. The van der Waals surface area contributed by atoms with E-state index in [1.807, 2.05) is 0 Å². The van der Waals surface area contributed by atoms with E-state index >= 15 is 0 Å². The molecule has 1 aromatic rings. The number of fused-ring (bicyclic) bond motifs is 2. The van der Waals surface area contributed by atoms with Crippen LogP contribution in [0.15, 0.2) is 5.38 Å². The quantitative estimate of drug-likeness (QED) is 0.871. The lowest BCUT2D eigenvalue weighted by Gasteiger charge is -2.29. The number of piperidine rings is 1. The van der Waals surface area contributed by atoms with E-state index < -0.39 is 0 Å². The number of rotatable bonds is 5. The average molecular weight is 348 g/mol. The van der Waals surface area contributed by atoms with Crippen LogP contribution in [-0.4, -0.2) is 28.9 Å². The number of hydrogen-bond donors (Lipinski definition) is 1. The topological polar surface area (TPSA) is 45.2 Å². The molecule has 0 spiro atoms. The van der Waals surface area contributed by atoms with Gasteiger partial charge in [0, 0.05) is 18.3 Å². The van der Waals surface area contributed by atoms with Gasteiger partial charge in [-0.15, -0.1) is 11.3 Å². The Balaban J connectivity index is 1.25. The minimum Gasteiger partial charge on any atom is -0.302 e. The van der Waals surface area contributed by atoms with Crippen LogP contribution in [0.2, 0.25) is 0 Å². The number of carbonyl (C=O) groups is 1. The number of thiazole rings is 1. The predicted octanol–water partition coefficient (Wildman–Crippen LogP) is 4.14. The van der Waals surface area contributed by atoms with Crippen molar-refractivity contribution in [1.29, 1.82) is 0 Å².